The van der Waals surface area contributed by atoms with Crippen molar-refractivity contribution in [1.82, 2.24) is 9.88 Å². The minimum absolute atomic E-state index is 0.0533. The Hall–Kier alpha value is -2.12. The van der Waals surface area contributed by atoms with E-state index in [4.69, 9.17) is 11.5 Å². The number of nitrogens with zero attached hydrogens (tertiary/aromatic N) is 4. The SMILES string of the molecule is Cc1ccc(N2CCN(Cc3csc(N=C(N)N)n3)CC2)cc1. The molecule has 1 aromatic carbocycles. The van der Waals surface area contributed by atoms with Gasteiger partial charge < -0.3 is 16.4 Å². The molecule has 1 aliphatic rings. The Balaban J connectivity index is 1.54. The molecule has 2 aromatic rings. The maximum atomic E-state index is 5.38. The smallest absolute Gasteiger partial charge is 0.212 e. The summed E-state index contributed by atoms with van der Waals surface area (Å²) >= 11 is 1.47. The van der Waals surface area contributed by atoms with Gasteiger partial charge in [0, 0.05) is 43.8 Å². The van der Waals surface area contributed by atoms with Gasteiger partial charge in [0.25, 0.3) is 0 Å². The summed E-state index contributed by atoms with van der Waals surface area (Å²) in [4.78, 5) is 13.3. The number of aromatic nitrogens is 1. The lowest BCUT2D eigenvalue weighted by Gasteiger charge is -2.35. The Morgan fingerprint density at radius 2 is 1.87 bits per heavy atom. The molecular formula is C16H22N6S. The lowest BCUT2D eigenvalue weighted by Crippen LogP contribution is -2.46. The standard InChI is InChI=1S/C16H22N6S/c1-12-2-4-14(5-3-12)22-8-6-21(7-9-22)10-13-11-23-16(19-13)20-15(17)18/h2-5,11H,6-10H2,1H3,(H4,17,18,19,20). The molecule has 1 aliphatic heterocycles. The number of hydrogen-bond donors (Lipinski definition) is 2. The van der Waals surface area contributed by atoms with E-state index in [1.807, 2.05) is 5.38 Å². The molecule has 0 aliphatic carbocycles. The quantitative estimate of drug-likeness (QED) is 0.658. The Bertz CT molecular complexity index is 666. The van der Waals surface area contributed by atoms with Gasteiger partial charge in [0.15, 0.2) is 5.96 Å². The normalized spacial score (nSPS) is 15.6. The maximum Gasteiger partial charge on any atom is 0.212 e. The Morgan fingerprint density at radius 1 is 1.17 bits per heavy atom. The molecule has 0 atom stereocenters. The van der Waals surface area contributed by atoms with Crippen molar-refractivity contribution >= 4 is 28.1 Å². The van der Waals surface area contributed by atoms with Crippen LogP contribution in [0.15, 0.2) is 34.6 Å². The monoisotopic (exact) mass is 330 g/mol. The van der Waals surface area contributed by atoms with Crippen molar-refractivity contribution in [3.63, 3.8) is 0 Å². The van der Waals surface area contributed by atoms with Crippen molar-refractivity contribution in [2.45, 2.75) is 13.5 Å². The highest BCUT2D eigenvalue weighted by atomic mass is 32.1. The first-order chi connectivity index (χ1) is 11.1. The van der Waals surface area contributed by atoms with Gasteiger partial charge in [0.1, 0.15) is 0 Å². The summed E-state index contributed by atoms with van der Waals surface area (Å²) in [6, 6.07) is 8.74. The van der Waals surface area contributed by atoms with E-state index in [-0.39, 0.29) is 5.96 Å². The number of benzene rings is 1. The number of guanidine groups is 1. The summed E-state index contributed by atoms with van der Waals surface area (Å²) < 4.78 is 0. The first-order valence-electron chi connectivity index (χ1n) is 7.68. The average Bonchev–Trinajstić information content (AvgIpc) is 2.95. The third kappa shape index (κ3) is 4.20. The highest BCUT2D eigenvalue weighted by molar-refractivity contribution is 7.13. The van der Waals surface area contributed by atoms with Gasteiger partial charge in [-0.3, -0.25) is 4.90 Å². The van der Waals surface area contributed by atoms with Crippen molar-refractivity contribution < 1.29 is 0 Å². The zero-order valence-electron chi connectivity index (χ0n) is 13.3. The zero-order valence-corrected chi connectivity index (χ0v) is 14.1. The van der Waals surface area contributed by atoms with E-state index >= 15 is 0 Å². The molecule has 23 heavy (non-hydrogen) atoms. The van der Waals surface area contributed by atoms with Crippen LogP contribution in [0.4, 0.5) is 10.8 Å². The van der Waals surface area contributed by atoms with Gasteiger partial charge >= 0.3 is 0 Å². The van der Waals surface area contributed by atoms with E-state index in [0.717, 1.165) is 38.4 Å². The summed E-state index contributed by atoms with van der Waals surface area (Å²) in [5.41, 5.74) is 14.4. The summed E-state index contributed by atoms with van der Waals surface area (Å²) in [5, 5.41) is 2.65. The molecule has 0 spiro atoms. The Kier molecular flexibility index (Phi) is 4.78. The molecule has 1 fully saturated rings. The number of thiazole rings is 1. The van der Waals surface area contributed by atoms with Crippen LogP contribution in [0.25, 0.3) is 0 Å². The molecule has 4 N–H and O–H groups in total. The van der Waals surface area contributed by atoms with Gasteiger partial charge in [0.05, 0.1) is 5.69 Å². The van der Waals surface area contributed by atoms with Crippen molar-refractivity contribution in [3.05, 3.63) is 40.9 Å². The highest BCUT2D eigenvalue weighted by Gasteiger charge is 2.18. The van der Waals surface area contributed by atoms with Crippen LogP contribution in [-0.2, 0) is 6.54 Å². The number of aryl methyl sites for hydroxylation is 1. The lowest BCUT2D eigenvalue weighted by molar-refractivity contribution is 0.247. The van der Waals surface area contributed by atoms with Crippen molar-refractivity contribution in [1.29, 1.82) is 0 Å². The van der Waals surface area contributed by atoms with Gasteiger partial charge in [-0.1, -0.05) is 17.7 Å². The fourth-order valence-electron chi connectivity index (χ4n) is 2.68. The molecule has 6 nitrogen and oxygen atoms in total. The highest BCUT2D eigenvalue weighted by Crippen LogP contribution is 2.21. The molecule has 1 saturated heterocycles. The molecule has 0 amide bonds. The number of anilines is 1. The third-order valence-electron chi connectivity index (χ3n) is 3.92. The lowest BCUT2D eigenvalue weighted by atomic mass is 10.2. The fraction of sp³-hybridized carbons (Fsp3) is 0.375. The minimum Gasteiger partial charge on any atom is -0.370 e. The molecule has 1 aromatic heterocycles. The molecule has 3 rings (SSSR count). The van der Waals surface area contributed by atoms with Crippen molar-refractivity contribution in [2.75, 3.05) is 31.1 Å². The van der Waals surface area contributed by atoms with Gasteiger partial charge in [0.2, 0.25) is 5.13 Å². The van der Waals surface area contributed by atoms with Crippen molar-refractivity contribution in [2.24, 2.45) is 16.5 Å². The zero-order chi connectivity index (χ0) is 16.2. The summed E-state index contributed by atoms with van der Waals surface area (Å²) in [6.45, 7) is 7.10. The largest absolute Gasteiger partial charge is 0.370 e. The van der Waals surface area contributed by atoms with E-state index in [1.165, 1.54) is 22.6 Å². The summed E-state index contributed by atoms with van der Waals surface area (Å²) in [5.74, 6) is 0.0533. The number of nitrogens with two attached hydrogens (primary N) is 2. The van der Waals surface area contributed by atoms with E-state index in [1.54, 1.807) is 0 Å². The molecule has 2 heterocycles. The van der Waals surface area contributed by atoms with E-state index in [0.29, 0.717) is 5.13 Å². The topological polar surface area (TPSA) is 83.8 Å². The third-order valence-corrected chi connectivity index (χ3v) is 4.70. The Labute approximate surface area is 140 Å². The second-order valence-corrected chi connectivity index (χ2v) is 6.59. The second-order valence-electron chi connectivity index (χ2n) is 5.76. The molecule has 0 bridgehead atoms. The number of aliphatic imine (C=N–C) groups is 1. The summed E-state index contributed by atoms with van der Waals surface area (Å²) in [7, 11) is 0. The number of hydrogen-bond acceptors (Lipinski definition) is 5. The van der Waals surface area contributed by atoms with Crippen molar-refractivity contribution in [3.8, 4) is 0 Å². The number of piperazine rings is 1. The van der Waals surface area contributed by atoms with Gasteiger partial charge in [-0.25, -0.2) is 4.98 Å². The van der Waals surface area contributed by atoms with E-state index in [9.17, 15) is 0 Å². The van der Waals surface area contributed by atoms with Crippen LogP contribution in [0.5, 0.6) is 0 Å². The number of rotatable bonds is 4. The predicted octanol–water partition coefficient (Wildman–Crippen LogP) is 1.68. The minimum atomic E-state index is 0.0533. The van der Waals surface area contributed by atoms with Crippen LogP contribution in [0.1, 0.15) is 11.3 Å². The van der Waals surface area contributed by atoms with Crippen LogP contribution in [-0.4, -0.2) is 42.0 Å². The van der Waals surface area contributed by atoms with Crippen LogP contribution in [0.3, 0.4) is 0 Å². The van der Waals surface area contributed by atoms with Crippen LogP contribution < -0.4 is 16.4 Å². The molecule has 0 saturated carbocycles. The van der Waals surface area contributed by atoms with Crippen LogP contribution in [0, 0.1) is 6.92 Å². The predicted molar refractivity (Wildman–Crippen MR) is 96.3 cm³/mol. The van der Waals surface area contributed by atoms with E-state index in [2.05, 4.69) is 51.0 Å². The van der Waals surface area contributed by atoms with Crippen LogP contribution in [0.2, 0.25) is 0 Å². The first-order valence-corrected chi connectivity index (χ1v) is 8.56. The molecule has 0 unspecified atom stereocenters. The molecule has 0 radical (unpaired) electrons. The van der Waals surface area contributed by atoms with Gasteiger partial charge in [-0.2, -0.15) is 4.99 Å². The fourth-order valence-corrected chi connectivity index (χ4v) is 3.38. The average molecular weight is 330 g/mol. The van der Waals surface area contributed by atoms with E-state index < -0.39 is 0 Å². The molecule has 7 heteroatoms. The van der Waals surface area contributed by atoms with Gasteiger partial charge in [-0.15, -0.1) is 11.3 Å². The van der Waals surface area contributed by atoms with Gasteiger partial charge in [-0.05, 0) is 19.1 Å². The molecule has 122 valence electrons. The second kappa shape index (κ2) is 6.97. The van der Waals surface area contributed by atoms with Crippen LogP contribution >= 0.6 is 11.3 Å². The molecular weight excluding hydrogens is 308 g/mol. The summed E-state index contributed by atoms with van der Waals surface area (Å²) in [6.07, 6.45) is 0. The maximum absolute atomic E-state index is 5.38. The first kappa shape index (κ1) is 15.8. The Morgan fingerprint density at radius 3 is 2.52 bits per heavy atom.